The van der Waals surface area contributed by atoms with Gasteiger partial charge in [0.05, 0.1) is 0 Å². The largest absolute Gasteiger partial charge is 0.289 e. The van der Waals surface area contributed by atoms with Crippen LogP contribution >= 0.6 is 0 Å². The van der Waals surface area contributed by atoms with Crippen LogP contribution in [0.25, 0.3) is 23.3 Å². The maximum atomic E-state index is 14.0. The highest BCUT2D eigenvalue weighted by atomic mass is 19.1. The van der Waals surface area contributed by atoms with Gasteiger partial charge in [-0.05, 0) is 35.4 Å². The van der Waals surface area contributed by atoms with E-state index >= 15 is 0 Å². The summed E-state index contributed by atoms with van der Waals surface area (Å²) >= 11 is 0. The third-order valence-corrected chi connectivity index (χ3v) is 4.41. The summed E-state index contributed by atoms with van der Waals surface area (Å²) in [7, 11) is 0. The van der Waals surface area contributed by atoms with Gasteiger partial charge >= 0.3 is 0 Å². The molecular weight excluding hydrogens is 330 g/mol. The number of allylic oxidation sites excluding steroid dienone is 2. The second-order valence-electron chi connectivity index (χ2n) is 6.03. The van der Waals surface area contributed by atoms with Crippen molar-refractivity contribution in [3.8, 4) is 0 Å². The highest BCUT2D eigenvalue weighted by Crippen LogP contribution is 2.39. The van der Waals surface area contributed by atoms with Crippen molar-refractivity contribution in [3.05, 3.63) is 107 Å². The number of benzene rings is 3. The Kier molecular flexibility index (Phi) is 4.05. The van der Waals surface area contributed by atoms with E-state index in [0.717, 1.165) is 11.1 Å². The van der Waals surface area contributed by atoms with Crippen molar-refractivity contribution in [2.75, 3.05) is 0 Å². The van der Waals surface area contributed by atoms with Crippen molar-refractivity contribution in [2.24, 2.45) is 0 Å². The molecular formula is C23H14F2O. The van der Waals surface area contributed by atoms with Crippen molar-refractivity contribution in [3.63, 3.8) is 0 Å². The summed E-state index contributed by atoms with van der Waals surface area (Å²) in [5.74, 6) is -1.02. The first-order valence-electron chi connectivity index (χ1n) is 8.22. The molecule has 0 fully saturated rings. The molecule has 0 aliphatic heterocycles. The summed E-state index contributed by atoms with van der Waals surface area (Å²) in [6.07, 6.45) is 3.11. The first-order valence-corrected chi connectivity index (χ1v) is 8.22. The van der Waals surface area contributed by atoms with E-state index in [2.05, 4.69) is 0 Å². The highest BCUT2D eigenvalue weighted by Gasteiger charge is 2.29. The minimum absolute atomic E-state index is 0.238. The molecule has 0 saturated heterocycles. The summed E-state index contributed by atoms with van der Waals surface area (Å²) in [5, 5.41) is 0. The maximum Gasteiger partial charge on any atom is 0.194 e. The number of carbonyl (C=O) groups is 1. The van der Waals surface area contributed by atoms with E-state index in [4.69, 9.17) is 0 Å². The fourth-order valence-corrected chi connectivity index (χ4v) is 3.12. The van der Waals surface area contributed by atoms with Gasteiger partial charge in [-0.2, -0.15) is 0 Å². The molecule has 0 saturated carbocycles. The second-order valence-corrected chi connectivity index (χ2v) is 6.03. The van der Waals surface area contributed by atoms with Gasteiger partial charge in [0.2, 0.25) is 0 Å². The molecule has 3 heteroatoms. The van der Waals surface area contributed by atoms with Crippen LogP contribution in [0.15, 0.2) is 72.8 Å². The number of Topliss-reactive ketones (excluding diaryl/α,β-unsaturated/α-hetero) is 1. The molecule has 0 atom stereocenters. The maximum absolute atomic E-state index is 14.0. The molecule has 3 aromatic rings. The molecule has 0 unspecified atom stereocenters. The van der Waals surface area contributed by atoms with Crippen LogP contribution in [0, 0.1) is 11.6 Å². The van der Waals surface area contributed by atoms with E-state index in [1.807, 2.05) is 24.3 Å². The lowest BCUT2D eigenvalue weighted by molar-refractivity contribution is -0.108. The summed E-state index contributed by atoms with van der Waals surface area (Å²) in [6.45, 7) is 0. The Labute approximate surface area is 149 Å². The van der Waals surface area contributed by atoms with Crippen LogP contribution in [-0.4, -0.2) is 5.78 Å². The zero-order chi connectivity index (χ0) is 18.1. The SMILES string of the molecule is O=C1/C(=C/c2ccccc2F)c2ccccc2/C1=C\c1ccccc1F. The Hall–Kier alpha value is -3.33. The van der Waals surface area contributed by atoms with Gasteiger partial charge < -0.3 is 0 Å². The van der Waals surface area contributed by atoms with Gasteiger partial charge in [-0.1, -0.05) is 60.7 Å². The van der Waals surface area contributed by atoms with Crippen molar-refractivity contribution in [1.82, 2.24) is 0 Å². The quantitative estimate of drug-likeness (QED) is 0.551. The monoisotopic (exact) mass is 344 g/mol. The van der Waals surface area contributed by atoms with Crippen molar-refractivity contribution >= 4 is 29.1 Å². The zero-order valence-electron chi connectivity index (χ0n) is 13.7. The third kappa shape index (κ3) is 2.78. The number of hydrogen-bond donors (Lipinski definition) is 0. The fourth-order valence-electron chi connectivity index (χ4n) is 3.12. The molecule has 0 heterocycles. The summed E-state index contributed by atoms with van der Waals surface area (Å²) in [6, 6.07) is 19.9. The van der Waals surface area contributed by atoms with E-state index in [1.54, 1.807) is 48.6 Å². The zero-order valence-corrected chi connectivity index (χ0v) is 13.7. The molecule has 0 spiro atoms. The summed E-state index contributed by atoms with van der Waals surface area (Å²) in [4.78, 5) is 13.0. The molecule has 1 nitrogen and oxygen atoms in total. The van der Waals surface area contributed by atoms with E-state index in [0.29, 0.717) is 22.3 Å². The Morgan fingerprint density at radius 1 is 0.577 bits per heavy atom. The molecule has 1 aliphatic carbocycles. The average molecular weight is 344 g/mol. The second kappa shape index (κ2) is 6.52. The molecule has 26 heavy (non-hydrogen) atoms. The minimum Gasteiger partial charge on any atom is -0.289 e. The Balaban J connectivity index is 1.89. The van der Waals surface area contributed by atoms with Gasteiger partial charge in [-0.15, -0.1) is 0 Å². The van der Waals surface area contributed by atoms with E-state index in [9.17, 15) is 13.6 Å². The van der Waals surface area contributed by atoms with Gasteiger partial charge in [-0.25, -0.2) is 8.78 Å². The third-order valence-electron chi connectivity index (χ3n) is 4.41. The normalized spacial score (nSPS) is 16.3. The first-order chi connectivity index (χ1) is 12.6. The standard InChI is InChI=1S/C23H14F2O/c24-21-11-5-1-7-15(21)13-19-17-9-3-4-10-18(17)20(23(19)26)14-16-8-2-6-12-22(16)25/h1-14H/b19-13+,20-14+. The molecule has 0 bridgehead atoms. The van der Waals surface area contributed by atoms with Gasteiger partial charge in [0.15, 0.2) is 5.78 Å². The fraction of sp³-hybridized carbons (Fsp3) is 0. The molecule has 1 aliphatic rings. The van der Waals surface area contributed by atoms with E-state index in [-0.39, 0.29) is 5.78 Å². The van der Waals surface area contributed by atoms with Crippen molar-refractivity contribution in [1.29, 1.82) is 0 Å². The number of ketones is 1. The highest BCUT2D eigenvalue weighted by molar-refractivity contribution is 6.51. The average Bonchev–Trinajstić information content (AvgIpc) is 2.91. The van der Waals surface area contributed by atoms with Gasteiger partial charge in [0.25, 0.3) is 0 Å². The number of hydrogen-bond acceptors (Lipinski definition) is 1. The molecule has 0 radical (unpaired) electrons. The summed E-state index contributed by atoms with van der Waals surface area (Å²) < 4.78 is 28.0. The molecule has 126 valence electrons. The van der Waals surface area contributed by atoms with E-state index < -0.39 is 11.6 Å². The summed E-state index contributed by atoms with van der Waals surface area (Å²) in [5.41, 5.74) is 2.96. The Morgan fingerprint density at radius 3 is 1.38 bits per heavy atom. The van der Waals surface area contributed by atoms with Gasteiger partial charge in [0, 0.05) is 22.3 Å². The Bertz CT molecular complexity index is 992. The predicted molar refractivity (Wildman–Crippen MR) is 100.0 cm³/mol. The van der Waals surface area contributed by atoms with Crippen LogP contribution in [0.1, 0.15) is 22.3 Å². The lowest BCUT2D eigenvalue weighted by atomic mass is 10.0. The molecule has 0 N–H and O–H groups in total. The van der Waals surface area contributed by atoms with Gasteiger partial charge in [0.1, 0.15) is 11.6 Å². The van der Waals surface area contributed by atoms with Crippen LogP contribution in [-0.2, 0) is 4.79 Å². The molecule has 3 aromatic carbocycles. The van der Waals surface area contributed by atoms with Crippen molar-refractivity contribution in [2.45, 2.75) is 0 Å². The Morgan fingerprint density at radius 2 is 0.962 bits per heavy atom. The predicted octanol–water partition coefficient (Wildman–Crippen LogP) is 5.63. The molecule has 0 amide bonds. The van der Waals surface area contributed by atoms with Crippen LogP contribution in [0.2, 0.25) is 0 Å². The van der Waals surface area contributed by atoms with Crippen LogP contribution < -0.4 is 0 Å². The van der Waals surface area contributed by atoms with Crippen LogP contribution in [0.5, 0.6) is 0 Å². The van der Waals surface area contributed by atoms with Crippen LogP contribution in [0.3, 0.4) is 0 Å². The van der Waals surface area contributed by atoms with Crippen LogP contribution in [0.4, 0.5) is 8.78 Å². The van der Waals surface area contributed by atoms with E-state index in [1.165, 1.54) is 12.1 Å². The molecule has 4 rings (SSSR count). The number of carbonyl (C=O) groups excluding carboxylic acids is 1. The first kappa shape index (κ1) is 16.2. The minimum atomic E-state index is -0.392. The van der Waals surface area contributed by atoms with Gasteiger partial charge in [-0.3, -0.25) is 4.79 Å². The lowest BCUT2D eigenvalue weighted by Gasteiger charge is -2.00. The topological polar surface area (TPSA) is 17.1 Å². The molecule has 0 aromatic heterocycles. The number of rotatable bonds is 2. The lowest BCUT2D eigenvalue weighted by Crippen LogP contribution is -1.95. The van der Waals surface area contributed by atoms with Crippen molar-refractivity contribution < 1.29 is 13.6 Å². The number of fused-ring (bicyclic) bond motifs is 1. The number of halogens is 2. The smallest absolute Gasteiger partial charge is 0.194 e.